The molecule has 0 saturated heterocycles. The summed E-state index contributed by atoms with van der Waals surface area (Å²) in [5.74, 6) is 0.182. The number of aliphatic hydroxyl groups excluding tert-OH is 1. The third-order valence-electron chi connectivity index (χ3n) is 9.43. The average molecular weight is 407 g/mol. The third-order valence-corrected chi connectivity index (χ3v) is 9.43. The van der Waals surface area contributed by atoms with E-state index in [1.807, 2.05) is 6.92 Å². The second-order valence-corrected chi connectivity index (χ2v) is 10.6. The molecule has 8 atom stereocenters. The SMILES string of the molecule is CC(=O)OCC(=O)[C@@]1(O)CCC2C3CCC4CC(=O)CCC4(C)C3C(O)CC21C. The summed E-state index contributed by atoms with van der Waals surface area (Å²) in [5.41, 5.74) is -2.35. The molecule has 0 aromatic heterocycles. The molecule has 6 nitrogen and oxygen atoms in total. The first-order valence-electron chi connectivity index (χ1n) is 11.1. The van der Waals surface area contributed by atoms with Crippen molar-refractivity contribution in [3.63, 3.8) is 0 Å². The van der Waals surface area contributed by atoms with Crippen LogP contribution in [0.5, 0.6) is 0 Å². The quantitative estimate of drug-likeness (QED) is 0.698. The van der Waals surface area contributed by atoms with Crippen LogP contribution in [0.4, 0.5) is 0 Å². The number of Topliss-reactive ketones (excluding diaryl/α,β-unsaturated/α-hetero) is 2. The van der Waals surface area contributed by atoms with E-state index in [4.69, 9.17) is 4.74 Å². The normalized spacial score (nSPS) is 49.0. The van der Waals surface area contributed by atoms with Gasteiger partial charge in [-0.3, -0.25) is 14.4 Å². The average Bonchev–Trinajstić information content (AvgIpc) is 2.91. The topological polar surface area (TPSA) is 101 Å². The van der Waals surface area contributed by atoms with E-state index in [2.05, 4.69) is 6.92 Å². The number of hydrogen-bond acceptors (Lipinski definition) is 6. The molecule has 162 valence electrons. The van der Waals surface area contributed by atoms with Gasteiger partial charge in [-0.2, -0.15) is 0 Å². The minimum absolute atomic E-state index is 0.0555. The van der Waals surface area contributed by atoms with Crippen molar-refractivity contribution < 1.29 is 29.3 Å². The predicted octanol–water partition coefficient (Wildman–Crippen LogP) is 2.43. The first-order chi connectivity index (χ1) is 13.5. The maximum absolute atomic E-state index is 12.9. The summed E-state index contributed by atoms with van der Waals surface area (Å²) in [6, 6.07) is 0. The van der Waals surface area contributed by atoms with E-state index < -0.39 is 35.5 Å². The fourth-order valence-corrected chi connectivity index (χ4v) is 7.92. The molecule has 4 fully saturated rings. The number of hydrogen-bond donors (Lipinski definition) is 2. The Hall–Kier alpha value is -1.27. The molecule has 0 aliphatic heterocycles. The number of esters is 1. The lowest BCUT2D eigenvalue weighted by atomic mass is 9.43. The Morgan fingerprint density at radius 3 is 2.59 bits per heavy atom. The monoisotopic (exact) mass is 406 g/mol. The largest absolute Gasteiger partial charge is 0.458 e. The molecule has 0 heterocycles. The van der Waals surface area contributed by atoms with Gasteiger partial charge in [-0.15, -0.1) is 0 Å². The Morgan fingerprint density at radius 1 is 1.17 bits per heavy atom. The Labute approximate surface area is 172 Å². The number of carbonyl (C=O) groups is 3. The lowest BCUT2D eigenvalue weighted by Crippen LogP contribution is -2.63. The minimum atomic E-state index is -1.57. The van der Waals surface area contributed by atoms with Crippen molar-refractivity contribution in [3.05, 3.63) is 0 Å². The van der Waals surface area contributed by atoms with Crippen LogP contribution in [0, 0.1) is 34.5 Å². The van der Waals surface area contributed by atoms with E-state index in [1.165, 1.54) is 6.92 Å². The molecule has 0 aromatic rings. The van der Waals surface area contributed by atoms with Gasteiger partial charge in [0.2, 0.25) is 5.78 Å². The fourth-order valence-electron chi connectivity index (χ4n) is 7.92. The maximum atomic E-state index is 12.9. The lowest BCUT2D eigenvalue weighted by molar-refractivity contribution is -0.199. The molecule has 0 amide bonds. The van der Waals surface area contributed by atoms with E-state index in [9.17, 15) is 24.6 Å². The van der Waals surface area contributed by atoms with Gasteiger partial charge in [0.25, 0.3) is 0 Å². The van der Waals surface area contributed by atoms with Gasteiger partial charge in [-0.1, -0.05) is 13.8 Å². The standard InChI is InChI=1S/C23H34O6/c1-13(24)29-12-19(27)23(28)9-7-17-16-5-4-14-10-15(25)6-8-21(14,2)20(16)18(26)11-22(17,23)3/h14,16-18,20,26,28H,4-12H2,1-3H3/t14?,16?,17?,18?,20?,21?,22?,23-/m0/s1. The molecule has 4 saturated carbocycles. The van der Waals surface area contributed by atoms with Crippen LogP contribution in [0.15, 0.2) is 0 Å². The highest BCUT2D eigenvalue weighted by Gasteiger charge is 2.68. The highest BCUT2D eigenvalue weighted by atomic mass is 16.5. The van der Waals surface area contributed by atoms with Crippen molar-refractivity contribution in [2.24, 2.45) is 34.5 Å². The molecule has 0 aromatic carbocycles. The number of carbonyl (C=O) groups excluding carboxylic acids is 3. The molecule has 4 rings (SSSR count). The van der Waals surface area contributed by atoms with Gasteiger partial charge in [0.15, 0.2) is 6.61 Å². The summed E-state index contributed by atoms with van der Waals surface area (Å²) >= 11 is 0. The fraction of sp³-hybridized carbons (Fsp3) is 0.870. The van der Waals surface area contributed by atoms with Crippen molar-refractivity contribution in [2.75, 3.05) is 6.61 Å². The maximum Gasteiger partial charge on any atom is 0.303 e. The summed E-state index contributed by atoms with van der Waals surface area (Å²) in [6.45, 7) is 5.02. The van der Waals surface area contributed by atoms with Crippen molar-refractivity contribution in [3.8, 4) is 0 Å². The Morgan fingerprint density at radius 2 is 1.90 bits per heavy atom. The summed E-state index contributed by atoms with van der Waals surface area (Å²) in [5, 5.41) is 22.8. The first-order valence-corrected chi connectivity index (χ1v) is 11.1. The van der Waals surface area contributed by atoms with Crippen LogP contribution in [0.1, 0.15) is 72.1 Å². The van der Waals surface area contributed by atoms with Gasteiger partial charge in [0.1, 0.15) is 11.4 Å². The van der Waals surface area contributed by atoms with Crippen LogP contribution in [0.2, 0.25) is 0 Å². The van der Waals surface area contributed by atoms with E-state index in [0.717, 1.165) is 25.7 Å². The lowest BCUT2D eigenvalue weighted by Gasteiger charge is -2.62. The summed E-state index contributed by atoms with van der Waals surface area (Å²) in [4.78, 5) is 36.1. The van der Waals surface area contributed by atoms with Crippen LogP contribution in [0.3, 0.4) is 0 Å². The number of ketones is 2. The van der Waals surface area contributed by atoms with E-state index in [1.54, 1.807) is 0 Å². The summed E-state index contributed by atoms with van der Waals surface area (Å²) in [6.07, 6.45) is 4.81. The van der Waals surface area contributed by atoms with Crippen LogP contribution >= 0.6 is 0 Å². The van der Waals surface area contributed by atoms with Crippen molar-refractivity contribution in [1.29, 1.82) is 0 Å². The highest BCUT2D eigenvalue weighted by Crippen LogP contribution is 2.68. The van der Waals surface area contributed by atoms with Crippen LogP contribution in [-0.2, 0) is 19.1 Å². The van der Waals surface area contributed by atoms with E-state index in [0.29, 0.717) is 37.4 Å². The molecular formula is C23H34O6. The highest BCUT2D eigenvalue weighted by molar-refractivity contribution is 5.91. The number of ether oxygens (including phenoxy) is 1. The van der Waals surface area contributed by atoms with Crippen LogP contribution in [0.25, 0.3) is 0 Å². The summed E-state index contributed by atoms with van der Waals surface area (Å²) in [7, 11) is 0. The van der Waals surface area contributed by atoms with E-state index in [-0.39, 0.29) is 23.2 Å². The zero-order valence-electron chi connectivity index (χ0n) is 17.8. The Kier molecular flexibility index (Phi) is 4.97. The van der Waals surface area contributed by atoms with Crippen molar-refractivity contribution in [1.82, 2.24) is 0 Å². The van der Waals surface area contributed by atoms with Gasteiger partial charge in [-0.05, 0) is 67.6 Å². The number of fused-ring (bicyclic) bond motifs is 5. The Bertz CT molecular complexity index is 733. The second-order valence-electron chi connectivity index (χ2n) is 10.6. The molecule has 0 spiro atoms. The molecule has 7 unspecified atom stereocenters. The van der Waals surface area contributed by atoms with Gasteiger partial charge in [0.05, 0.1) is 6.10 Å². The predicted molar refractivity (Wildman–Crippen MR) is 105 cm³/mol. The zero-order chi connectivity index (χ0) is 21.2. The first kappa shape index (κ1) is 21.0. The molecule has 29 heavy (non-hydrogen) atoms. The third kappa shape index (κ3) is 2.93. The van der Waals surface area contributed by atoms with Gasteiger partial charge >= 0.3 is 5.97 Å². The Balaban J connectivity index is 1.63. The smallest absolute Gasteiger partial charge is 0.303 e. The molecule has 0 bridgehead atoms. The van der Waals surface area contributed by atoms with Crippen LogP contribution in [-0.4, -0.2) is 46.1 Å². The molecular weight excluding hydrogens is 372 g/mol. The molecule has 6 heteroatoms. The summed E-state index contributed by atoms with van der Waals surface area (Å²) < 4.78 is 4.89. The van der Waals surface area contributed by atoms with Gasteiger partial charge < -0.3 is 14.9 Å². The molecule has 4 aliphatic rings. The zero-order valence-corrected chi connectivity index (χ0v) is 17.8. The van der Waals surface area contributed by atoms with E-state index >= 15 is 0 Å². The van der Waals surface area contributed by atoms with Crippen molar-refractivity contribution >= 4 is 17.5 Å². The van der Waals surface area contributed by atoms with Gasteiger partial charge in [-0.25, -0.2) is 0 Å². The molecule has 2 N–H and O–H groups in total. The molecule has 0 radical (unpaired) electrons. The van der Waals surface area contributed by atoms with Gasteiger partial charge in [0, 0.05) is 25.2 Å². The second kappa shape index (κ2) is 6.88. The van der Waals surface area contributed by atoms with Crippen molar-refractivity contribution in [2.45, 2.75) is 83.8 Å². The molecule has 4 aliphatic carbocycles. The minimum Gasteiger partial charge on any atom is -0.458 e. The van der Waals surface area contributed by atoms with Crippen LogP contribution < -0.4 is 0 Å². The number of aliphatic hydroxyl groups is 2. The number of rotatable bonds is 3.